The van der Waals surface area contributed by atoms with Gasteiger partial charge in [-0.05, 0) is 40.2 Å². The molecule has 2 amide bonds. The van der Waals surface area contributed by atoms with E-state index in [4.69, 9.17) is 4.74 Å². The lowest BCUT2D eigenvalue weighted by atomic mass is 10.1. The van der Waals surface area contributed by atoms with Crippen molar-refractivity contribution in [3.05, 3.63) is 35.9 Å². The minimum Gasteiger partial charge on any atom is -0.458 e. The van der Waals surface area contributed by atoms with E-state index in [-0.39, 0.29) is 6.04 Å². The minimum absolute atomic E-state index is 0.0138. The largest absolute Gasteiger partial charge is 0.458 e. The summed E-state index contributed by atoms with van der Waals surface area (Å²) in [5.41, 5.74) is 0.0750. The molecule has 5 heteroatoms. The molecule has 0 fully saturated rings. The summed E-state index contributed by atoms with van der Waals surface area (Å²) in [4.78, 5) is 24.2. The first-order chi connectivity index (χ1) is 9.69. The predicted octanol–water partition coefficient (Wildman–Crippen LogP) is 2.78. The van der Waals surface area contributed by atoms with Crippen LogP contribution in [0.5, 0.6) is 0 Å². The highest BCUT2D eigenvalue weighted by Crippen LogP contribution is 2.18. The van der Waals surface area contributed by atoms with Crippen molar-refractivity contribution < 1.29 is 14.3 Å². The van der Waals surface area contributed by atoms with E-state index in [2.05, 4.69) is 10.6 Å². The first kappa shape index (κ1) is 17.0. The third-order valence-corrected chi connectivity index (χ3v) is 2.47. The number of ether oxygens (including phenoxy) is 1. The Morgan fingerprint density at radius 1 is 1.05 bits per heavy atom. The molecule has 1 aromatic rings. The average molecular weight is 292 g/mol. The van der Waals surface area contributed by atoms with Crippen molar-refractivity contribution in [2.45, 2.75) is 52.3 Å². The van der Waals surface area contributed by atoms with Gasteiger partial charge in [-0.3, -0.25) is 0 Å². The number of urea groups is 1. The Bertz CT molecular complexity index is 478. The number of hydrogen-bond donors (Lipinski definition) is 2. The second-order valence-electron chi connectivity index (χ2n) is 6.15. The maximum Gasteiger partial charge on any atom is 0.333 e. The van der Waals surface area contributed by atoms with Gasteiger partial charge in [0.15, 0.2) is 6.04 Å². The second-order valence-corrected chi connectivity index (χ2v) is 6.15. The molecule has 0 aliphatic rings. The number of carbonyl (C=O) groups is 2. The Labute approximate surface area is 126 Å². The number of hydrogen-bond acceptors (Lipinski definition) is 3. The van der Waals surface area contributed by atoms with Gasteiger partial charge in [-0.15, -0.1) is 0 Å². The first-order valence-corrected chi connectivity index (χ1v) is 7.04. The molecule has 1 aromatic carbocycles. The van der Waals surface area contributed by atoms with Crippen LogP contribution in [-0.4, -0.2) is 23.6 Å². The fourth-order valence-electron chi connectivity index (χ4n) is 1.72. The number of nitrogens with one attached hydrogen (secondary N) is 2. The molecular weight excluding hydrogens is 268 g/mol. The Morgan fingerprint density at radius 2 is 1.62 bits per heavy atom. The summed E-state index contributed by atoms with van der Waals surface area (Å²) in [6, 6.07) is 7.80. The second kappa shape index (κ2) is 7.11. The highest BCUT2D eigenvalue weighted by atomic mass is 16.6. The molecule has 0 bridgehead atoms. The van der Waals surface area contributed by atoms with Crippen LogP contribution in [0.1, 0.15) is 46.2 Å². The van der Waals surface area contributed by atoms with E-state index in [1.807, 2.05) is 32.0 Å². The molecule has 116 valence electrons. The minimum atomic E-state index is -0.829. The molecule has 0 aromatic heterocycles. The average Bonchev–Trinajstić information content (AvgIpc) is 2.34. The van der Waals surface area contributed by atoms with E-state index >= 15 is 0 Å². The topological polar surface area (TPSA) is 67.4 Å². The van der Waals surface area contributed by atoms with Crippen molar-refractivity contribution in [2.24, 2.45) is 0 Å². The van der Waals surface area contributed by atoms with Gasteiger partial charge in [-0.25, -0.2) is 9.59 Å². The van der Waals surface area contributed by atoms with E-state index in [0.717, 1.165) is 0 Å². The highest BCUT2D eigenvalue weighted by Gasteiger charge is 2.28. The number of esters is 1. The molecule has 0 aliphatic carbocycles. The van der Waals surface area contributed by atoms with Gasteiger partial charge in [0.25, 0.3) is 0 Å². The van der Waals surface area contributed by atoms with Crippen molar-refractivity contribution >= 4 is 12.0 Å². The number of amides is 2. The lowest BCUT2D eigenvalue weighted by Gasteiger charge is -2.25. The molecule has 1 rings (SSSR count). The molecular formula is C16H24N2O3. The maximum absolute atomic E-state index is 12.3. The van der Waals surface area contributed by atoms with Crippen LogP contribution in [0.3, 0.4) is 0 Å². The SMILES string of the molecule is CC(C)NC(=O)N[C@H](C(=O)OC(C)(C)C)c1ccccc1. The quantitative estimate of drug-likeness (QED) is 0.839. The summed E-state index contributed by atoms with van der Waals surface area (Å²) in [7, 11) is 0. The zero-order chi connectivity index (χ0) is 16.0. The molecule has 0 radical (unpaired) electrons. The fourth-order valence-corrected chi connectivity index (χ4v) is 1.72. The Kier molecular flexibility index (Phi) is 5.76. The molecule has 0 saturated heterocycles. The van der Waals surface area contributed by atoms with Gasteiger partial charge in [-0.2, -0.15) is 0 Å². The zero-order valence-electron chi connectivity index (χ0n) is 13.3. The van der Waals surface area contributed by atoms with Crippen LogP contribution in [0.2, 0.25) is 0 Å². The number of benzene rings is 1. The molecule has 1 atom stereocenters. The summed E-state index contributed by atoms with van der Waals surface area (Å²) in [5, 5.41) is 5.37. The van der Waals surface area contributed by atoms with Crippen LogP contribution in [0.25, 0.3) is 0 Å². The smallest absolute Gasteiger partial charge is 0.333 e. The number of carbonyl (C=O) groups excluding carboxylic acids is 2. The summed E-state index contributed by atoms with van der Waals surface area (Å²) < 4.78 is 5.38. The van der Waals surface area contributed by atoms with Crippen LogP contribution < -0.4 is 10.6 Å². The van der Waals surface area contributed by atoms with Gasteiger partial charge in [0.2, 0.25) is 0 Å². The molecule has 5 nitrogen and oxygen atoms in total. The maximum atomic E-state index is 12.3. The van der Waals surface area contributed by atoms with Crippen molar-refractivity contribution in [3.63, 3.8) is 0 Å². The van der Waals surface area contributed by atoms with Crippen molar-refractivity contribution in [1.29, 1.82) is 0 Å². The molecule has 0 heterocycles. The van der Waals surface area contributed by atoms with Crippen molar-refractivity contribution in [1.82, 2.24) is 10.6 Å². The third-order valence-electron chi connectivity index (χ3n) is 2.47. The van der Waals surface area contributed by atoms with Crippen molar-refractivity contribution in [3.8, 4) is 0 Å². The van der Waals surface area contributed by atoms with E-state index in [0.29, 0.717) is 5.56 Å². The van der Waals surface area contributed by atoms with Gasteiger partial charge in [0.1, 0.15) is 5.60 Å². The molecule has 0 spiro atoms. The van der Waals surface area contributed by atoms with Gasteiger partial charge >= 0.3 is 12.0 Å². The number of rotatable bonds is 4. The van der Waals surface area contributed by atoms with Crippen LogP contribution >= 0.6 is 0 Å². The molecule has 21 heavy (non-hydrogen) atoms. The summed E-state index contributed by atoms with van der Waals surface area (Å²) in [6.45, 7) is 9.08. The van der Waals surface area contributed by atoms with Gasteiger partial charge in [0.05, 0.1) is 0 Å². The van der Waals surface area contributed by atoms with Crippen LogP contribution in [-0.2, 0) is 9.53 Å². The molecule has 2 N–H and O–H groups in total. The Morgan fingerprint density at radius 3 is 2.10 bits per heavy atom. The van der Waals surface area contributed by atoms with Gasteiger partial charge in [-0.1, -0.05) is 30.3 Å². The lowest BCUT2D eigenvalue weighted by molar-refractivity contribution is -0.157. The highest BCUT2D eigenvalue weighted by molar-refractivity contribution is 5.85. The monoisotopic (exact) mass is 292 g/mol. The van der Waals surface area contributed by atoms with Crippen LogP contribution in [0.15, 0.2) is 30.3 Å². The summed E-state index contributed by atoms with van der Waals surface area (Å²) in [6.07, 6.45) is 0. The molecule has 0 aliphatic heterocycles. The van der Waals surface area contributed by atoms with Crippen LogP contribution in [0, 0.1) is 0 Å². The van der Waals surface area contributed by atoms with E-state index in [1.165, 1.54) is 0 Å². The summed E-state index contributed by atoms with van der Waals surface area (Å²) in [5.74, 6) is -0.479. The predicted molar refractivity (Wildman–Crippen MR) is 81.8 cm³/mol. The third kappa shape index (κ3) is 6.29. The van der Waals surface area contributed by atoms with E-state index in [9.17, 15) is 9.59 Å². The normalized spacial score (nSPS) is 12.7. The van der Waals surface area contributed by atoms with E-state index < -0.39 is 23.6 Å². The van der Waals surface area contributed by atoms with Crippen molar-refractivity contribution in [2.75, 3.05) is 0 Å². The molecule has 0 unspecified atom stereocenters. The Balaban J connectivity index is 2.90. The summed E-state index contributed by atoms with van der Waals surface area (Å²) >= 11 is 0. The Hall–Kier alpha value is -2.04. The lowest BCUT2D eigenvalue weighted by Crippen LogP contribution is -2.45. The first-order valence-electron chi connectivity index (χ1n) is 7.04. The zero-order valence-corrected chi connectivity index (χ0v) is 13.3. The van der Waals surface area contributed by atoms with Crippen LogP contribution in [0.4, 0.5) is 4.79 Å². The standard InChI is InChI=1S/C16H24N2O3/c1-11(2)17-15(20)18-13(12-9-7-6-8-10-12)14(19)21-16(3,4)5/h6-11,13H,1-5H3,(H2,17,18,20)/t13-/m0/s1. The molecule has 0 saturated carbocycles. The fraction of sp³-hybridized carbons (Fsp3) is 0.500. The van der Waals surface area contributed by atoms with E-state index in [1.54, 1.807) is 32.9 Å². The van der Waals surface area contributed by atoms with Gasteiger partial charge in [0, 0.05) is 6.04 Å². The van der Waals surface area contributed by atoms with Gasteiger partial charge < -0.3 is 15.4 Å².